The first kappa shape index (κ1) is 14.1. The molecule has 22 heavy (non-hydrogen) atoms. The van der Waals surface area contributed by atoms with Crippen LogP contribution in [-0.2, 0) is 6.54 Å². The summed E-state index contributed by atoms with van der Waals surface area (Å²) in [5.74, 6) is 0. The molecule has 0 spiro atoms. The molecule has 2 fully saturated rings. The average Bonchev–Trinajstić information content (AvgIpc) is 2.79. The smallest absolute Gasteiger partial charge is 0.0407 e. The first-order chi connectivity index (χ1) is 10.8. The van der Waals surface area contributed by atoms with Gasteiger partial charge in [0.1, 0.15) is 0 Å². The third kappa shape index (κ3) is 2.73. The topological polar surface area (TPSA) is 6.48 Å². The summed E-state index contributed by atoms with van der Waals surface area (Å²) >= 11 is 6.01. The van der Waals surface area contributed by atoms with Crippen LogP contribution in [-0.4, -0.2) is 30.1 Å². The Kier molecular flexibility index (Phi) is 3.81. The van der Waals surface area contributed by atoms with Gasteiger partial charge in [0.15, 0.2) is 0 Å². The van der Waals surface area contributed by atoms with Crippen molar-refractivity contribution in [2.45, 2.75) is 31.5 Å². The molecule has 2 aliphatic rings. The molecule has 0 N–H and O–H groups in total. The Labute approximate surface area is 137 Å². The first-order valence-electron chi connectivity index (χ1n) is 8.10. The van der Waals surface area contributed by atoms with Crippen LogP contribution >= 0.6 is 11.6 Å². The largest absolute Gasteiger partial charge is 0.368 e. The second-order valence-electron chi connectivity index (χ2n) is 6.42. The molecular weight excluding hydrogens is 292 g/mol. The lowest BCUT2D eigenvalue weighted by Gasteiger charge is -2.42. The highest BCUT2D eigenvalue weighted by Gasteiger charge is 2.39. The van der Waals surface area contributed by atoms with Gasteiger partial charge < -0.3 is 4.90 Å². The predicted molar refractivity (Wildman–Crippen MR) is 92.5 cm³/mol. The van der Waals surface area contributed by atoms with E-state index in [2.05, 4.69) is 52.3 Å². The molecule has 2 bridgehead atoms. The Hall–Kier alpha value is -1.51. The fourth-order valence-electron chi connectivity index (χ4n) is 3.91. The highest BCUT2D eigenvalue weighted by Crippen LogP contribution is 2.34. The van der Waals surface area contributed by atoms with Crippen LogP contribution in [0.1, 0.15) is 18.4 Å². The van der Waals surface area contributed by atoms with E-state index in [-0.39, 0.29) is 0 Å². The van der Waals surface area contributed by atoms with E-state index in [1.165, 1.54) is 24.1 Å². The van der Waals surface area contributed by atoms with Gasteiger partial charge in [-0.05, 0) is 42.7 Å². The van der Waals surface area contributed by atoms with Gasteiger partial charge in [-0.1, -0.05) is 41.9 Å². The third-order valence-electron chi connectivity index (χ3n) is 5.03. The molecule has 2 aromatic rings. The molecule has 0 radical (unpaired) electrons. The van der Waals surface area contributed by atoms with Gasteiger partial charge in [0, 0.05) is 42.4 Å². The Morgan fingerprint density at radius 2 is 1.50 bits per heavy atom. The van der Waals surface area contributed by atoms with Gasteiger partial charge in [0.05, 0.1) is 0 Å². The van der Waals surface area contributed by atoms with E-state index >= 15 is 0 Å². The van der Waals surface area contributed by atoms with Gasteiger partial charge in [0.2, 0.25) is 0 Å². The van der Waals surface area contributed by atoms with Crippen LogP contribution in [0.15, 0.2) is 54.6 Å². The second kappa shape index (κ2) is 5.94. The van der Waals surface area contributed by atoms with Gasteiger partial charge in [-0.2, -0.15) is 0 Å². The van der Waals surface area contributed by atoms with Crippen LogP contribution in [0.2, 0.25) is 5.02 Å². The number of fused-ring (bicyclic) bond motifs is 2. The molecule has 0 aromatic heterocycles. The molecule has 2 unspecified atom stereocenters. The van der Waals surface area contributed by atoms with Gasteiger partial charge in [0.25, 0.3) is 0 Å². The summed E-state index contributed by atoms with van der Waals surface area (Å²) < 4.78 is 0. The number of anilines is 1. The van der Waals surface area contributed by atoms with Gasteiger partial charge in [-0.25, -0.2) is 0 Å². The van der Waals surface area contributed by atoms with Crippen LogP contribution in [0.5, 0.6) is 0 Å². The summed E-state index contributed by atoms with van der Waals surface area (Å²) in [6, 6.07) is 20.5. The SMILES string of the molecule is Clc1ccc(N2CC3CCC(C2)N3Cc2ccccc2)cc1. The van der Waals surface area contributed by atoms with Crippen molar-refractivity contribution >= 4 is 17.3 Å². The second-order valence-corrected chi connectivity index (χ2v) is 6.86. The van der Waals surface area contributed by atoms with E-state index in [0.717, 1.165) is 24.7 Å². The monoisotopic (exact) mass is 312 g/mol. The molecular formula is C19H21ClN2. The number of hydrogen-bond donors (Lipinski definition) is 0. The molecule has 4 rings (SSSR count). The molecule has 2 heterocycles. The maximum atomic E-state index is 6.01. The molecule has 0 saturated carbocycles. The van der Waals surface area contributed by atoms with E-state index in [9.17, 15) is 0 Å². The van der Waals surface area contributed by atoms with E-state index in [4.69, 9.17) is 11.6 Å². The summed E-state index contributed by atoms with van der Waals surface area (Å²) in [4.78, 5) is 5.24. The lowest BCUT2D eigenvalue weighted by atomic mass is 10.1. The van der Waals surface area contributed by atoms with Gasteiger partial charge in [-0.3, -0.25) is 4.90 Å². The van der Waals surface area contributed by atoms with E-state index in [0.29, 0.717) is 12.1 Å². The number of benzene rings is 2. The van der Waals surface area contributed by atoms with Crippen molar-refractivity contribution in [2.24, 2.45) is 0 Å². The summed E-state index contributed by atoms with van der Waals surface area (Å²) in [6.45, 7) is 3.35. The van der Waals surface area contributed by atoms with Crippen LogP contribution in [0, 0.1) is 0 Å². The van der Waals surface area contributed by atoms with Crippen LogP contribution in [0.4, 0.5) is 5.69 Å². The maximum Gasteiger partial charge on any atom is 0.0407 e. The minimum atomic E-state index is 0.676. The number of nitrogens with zero attached hydrogens (tertiary/aromatic N) is 2. The molecule has 3 heteroatoms. The molecule has 2 nitrogen and oxygen atoms in total. The van der Waals surface area contributed by atoms with E-state index < -0.39 is 0 Å². The van der Waals surface area contributed by atoms with Crippen LogP contribution in [0.3, 0.4) is 0 Å². The van der Waals surface area contributed by atoms with Crippen molar-refractivity contribution in [3.8, 4) is 0 Å². The summed E-state index contributed by atoms with van der Waals surface area (Å²) in [5.41, 5.74) is 2.74. The molecule has 2 saturated heterocycles. The Morgan fingerprint density at radius 1 is 0.864 bits per heavy atom. The van der Waals surface area contributed by atoms with Crippen molar-refractivity contribution in [3.63, 3.8) is 0 Å². The van der Waals surface area contributed by atoms with Crippen LogP contribution in [0.25, 0.3) is 0 Å². The highest BCUT2D eigenvalue weighted by atomic mass is 35.5. The average molecular weight is 313 g/mol. The summed E-state index contributed by atoms with van der Waals surface area (Å²) in [5, 5.41) is 0.814. The highest BCUT2D eigenvalue weighted by molar-refractivity contribution is 6.30. The zero-order valence-electron chi connectivity index (χ0n) is 12.7. The zero-order chi connectivity index (χ0) is 14.9. The van der Waals surface area contributed by atoms with Crippen molar-refractivity contribution in [1.82, 2.24) is 4.90 Å². The molecule has 2 aromatic carbocycles. The lowest BCUT2D eigenvalue weighted by molar-refractivity contribution is 0.160. The minimum absolute atomic E-state index is 0.676. The molecule has 0 amide bonds. The zero-order valence-corrected chi connectivity index (χ0v) is 13.4. The number of piperazine rings is 1. The Bertz CT molecular complexity index is 612. The van der Waals surface area contributed by atoms with Crippen molar-refractivity contribution in [2.75, 3.05) is 18.0 Å². The number of hydrogen-bond acceptors (Lipinski definition) is 2. The lowest BCUT2D eigenvalue weighted by Crippen LogP contribution is -2.53. The summed E-state index contributed by atoms with van der Waals surface area (Å²) in [7, 11) is 0. The van der Waals surface area contributed by atoms with E-state index in [1.807, 2.05) is 12.1 Å². The number of rotatable bonds is 3. The van der Waals surface area contributed by atoms with Gasteiger partial charge in [-0.15, -0.1) is 0 Å². The minimum Gasteiger partial charge on any atom is -0.368 e. The third-order valence-corrected chi connectivity index (χ3v) is 5.29. The standard InChI is InChI=1S/C19H21ClN2/c20-16-6-8-17(9-7-16)21-13-18-10-11-19(14-21)22(18)12-15-4-2-1-3-5-15/h1-9,18-19H,10-14H2. The molecule has 0 aliphatic carbocycles. The van der Waals surface area contributed by atoms with E-state index in [1.54, 1.807) is 0 Å². The fourth-order valence-corrected chi connectivity index (χ4v) is 4.03. The quantitative estimate of drug-likeness (QED) is 0.838. The predicted octanol–water partition coefficient (Wildman–Crippen LogP) is 4.19. The first-order valence-corrected chi connectivity index (χ1v) is 8.47. The normalized spacial score (nSPS) is 24.7. The number of halogens is 1. The molecule has 114 valence electrons. The fraction of sp³-hybridized carbons (Fsp3) is 0.368. The molecule has 2 atom stereocenters. The maximum absolute atomic E-state index is 6.01. The van der Waals surface area contributed by atoms with Gasteiger partial charge >= 0.3 is 0 Å². The van der Waals surface area contributed by atoms with Crippen molar-refractivity contribution in [1.29, 1.82) is 0 Å². The molecule has 2 aliphatic heterocycles. The Balaban J connectivity index is 1.48. The van der Waals surface area contributed by atoms with Crippen molar-refractivity contribution < 1.29 is 0 Å². The van der Waals surface area contributed by atoms with Crippen molar-refractivity contribution in [3.05, 3.63) is 65.2 Å². The van der Waals surface area contributed by atoms with Crippen LogP contribution < -0.4 is 4.90 Å². The Morgan fingerprint density at radius 3 is 2.14 bits per heavy atom. The summed E-state index contributed by atoms with van der Waals surface area (Å²) in [6.07, 6.45) is 2.64.